The van der Waals surface area contributed by atoms with Crippen molar-refractivity contribution in [1.82, 2.24) is 25.2 Å². The Labute approximate surface area is 230 Å². The van der Waals surface area contributed by atoms with Crippen molar-refractivity contribution in [2.75, 3.05) is 59.7 Å². The molecule has 0 unspecified atom stereocenters. The van der Waals surface area contributed by atoms with E-state index in [0.717, 1.165) is 31.9 Å². The molecule has 1 N–H and O–H groups in total. The summed E-state index contributed by atoms with van der Waals surface area (Å²) < 4.78 is 35.8. The molecule has 10 nitrogen and oxygen atoms in total. The van der Waals surface area contributed by atoms with Crippen LogP contribution in [0.5, 0.6) is 5.75 Å². The van der Waals surface area contributed by atoms with E-state index in [4.69, 9.17) is 18.7 Å². The van der Waals surface area contributed by atoms with Crippen LogP contribution < -0.4 is 4.74 Å². The van der Waals surface area contributed by atoms with E-state index in [0.29, 0.717) is 59.4 Å². The molecule has 6 rings (SSSR count). The molecule has 0 bridgehead atoms. The minimum atomic E-state index is -0.505. The molecule has 206 valence electrons. The average Bonchev–Trinajstić information content (AvgIpc) is 3.55. The zero-order valence-electron chi connectivity index (χ0n) is 21.4. The summed E-state index contributed by atoms with van der Waals surface area (Å²) in [7, 11) is 1.55. The molecule has 2 aliphatic heterocycles. The number of ether oxygens (including phenoxy) is 3. The topological polar surface area (TPSA) is 106 Å². The molecule has 4 aromatic rings. The van der Waals surface area contributed by atoms with Crippen LogP contribution >= 0.6 is 12.4 Å². The SMILES string of the molecule is COCCOc1cc2[nH]nc(-c3cc(-c4ccc(C(=O)N5CCN(C6COC6)CC5)cc4)no3)c2cc1F.Cl. The molecule has 0 spiro atoms. The van der Waals surface area contributed by atoms with E-state index in [9.17, 15) is 9.18 Å². The van der Waals surface area contributed by atoms with Gasteiger partial charge in [-0.2, -0.15) is 5.10 Å². The Morgan fingerprint density at radius 2 is 1.87 bits per heavy atom. The van der Waals surface area contributed by atoms with Crippen LogP contribution in [0, 0.1) is 5.82 Å². The van der Waals surface area contributed by atoms with Crippen LogP contribution in [0.2, 0.25) is 0 Å². The summed E-state index contributed by atoms with van der Waals surface area (Å²) in [5.41, 5.74) is 3.07. The van der Waals surface area contributed by atoms with E-state index < -0.39 is 5.82 Å². The van der Waals surface area contributed by atoms with Crippen LogP contribution in [0.4, 0.5) is 4.39 Å². The highest BCUT2D eigenvalue weighted by Gasteiger charge is 2.30. The molecule has 2 aromatic heterocycles. The van der Waals surface area contributed by atoms with Gasteiger partial charge in [0.15, 0.2) is 17.3 Å². The number of hydrogen-bond donors (Lipinski definition) is 1. The quantitative estimate of drug-likeness (QED) is 0.327. The smallest absolute Gasteiger partial charge is 0.253 e. The van der Waals surface area contributed by atoms with Crippen LogP contribution in [0.15, 0.2) is 47.0 Å². The largest absolute Gasteiger partial charge is 0.488 e. The second-order valence-electron chi connectivity index (χ2n) is 9.41. The third-order valence-corrected chi connectivity index (χ3v) is 7.07. The first-order chi connectivity index (χ1) is 18.6. The number of aromatic amines is 1. The van der Waals surface area contributed by atoms with Gasteiger partial charge in [-0.1, -0.05) is 17.3 Å². The van der Waals surface area contributed by atoms with Gasteiger partial charge in [0, 0.05) is 61.9 Å². The number of H-pyrrole nitrogens is 1. The first-order valence-corrected chi connectivity index (χ1v) is 12.6. The number of nitrogens with zero attached hydrogens (tertiary/aromatic N) is 4. The second kappa shape index (κ2) is 11.7. The first kappa shape index (κ1) is 27.1. The van der Waals surface area contributed by atoms with Gasteiger partial charge in [-0.3, -0.25) is 14.8 Å². The molecule has 0 radical (unpaired) electrons. The summed E-state index contributed by atoms with van der Waals surface area (Å²) in [6.07, 6.45) is 0. The van der Waals surface area contributed by atoms with E-state index in [2.05, 4.69) is 20.3 Å². The summed E-state index contributed by atoms with van der Waals surface area (Å²) in [5.74, 6) is 0.0354. The number of nitrogens with one attached hydrogen (secondary N) is 1. The number of aromatic nitrogens is 3. The van der Waals surface area contributed by atoms with Gasteiger partial charge in [-0.25, -0.2) is 4.39 Å². The maximum atomic E-state index is 14.6. The molecule has 0 saturated carbocycles. The van der Waals surface area contributed by atoms with Crippen molar-refractivity contribution in [1.29, 1.82) is 0 Å². The standard InChI is InChI=1S/C27H28FN5O5.ClH/c1-35-10-11-37-24-14-23-20(12-21(24)28)26(30-29-23)25-13-22(31-38-25)17-2-4-18(5-3-17)27(34)33-8-6-32(7-9-33)19-15-36-16-19;/h2-5,12-14,19H,6-11,15-16H2,1H3,(H,29,30);1H. The fourth-order valence-corrected chi connectivity index (χ4v) is 4.76. The fraction of sp³-hybridized carbons (Fsp3) is 0.370. The maximum Gasteiger partial charge on any atom is 0.253 e. The van der Waals surface area contributed by atoms with Crippen LogP contribution in [0.3, 0.4) is 0 Å². The third-order valence-electron chi connectivity index (χ3n) is 7.07. The predicted molar refractivity (Wildman–Crippen MR) is 144 cm³/mol. The van der Waals surface area contributed by atoms with Gasteiger partial charge < -0.3 is 23.6 Å². The van der Waals surface area contributed by atoms with E-state index in [1.54, 1.807) is 19.2 Å². The van der Waals surface area contributed by atoms with E-state index >= 15 is 0 Å². The molecule has 2 aromatic carbocycles. The average molecular weight is 558 g/mol. The molecular weight excluding hydrogens is 529 g/mol. The summed E-state index contributed by atoms with van der Waals surface area (Å²) in [6, 6.07) is 12.5. The Morgan fingerprint density at radius 3 is 2.56 bits per heavy atom. The number of amides is 1. The lowest BCUT2D eigenvalue weighted by atomic mass is 10.1. The Balaban J connectivity index is 0.00000308. The molecule has 2 saturated heterocycles. The number of benzene rings is 2. The molecule has 39 heavy (non-hydrogen) atoms. The zero-order valence-corrected chi connectivity index (χ0v) is 22.2. The Bertz CT molecular complexity index is 1430. The van der Waals surface area contributed by atoms with Crippen molar-refractivity contribution in [3.05, 3.63) is 53.8 Å². The lowest BCUT2D eigenvalue weighted by molar-refractivity contribution is -0.0746. The number of carbonyl (C=O) groups is 1. The highest BCUT2D eigenvalue weighted by Crippen LogP contribution is 2.33. The molecule has 2 fully saturated rings. The van der Waals surface area contributed by atoms with Crippen molar-refractivity contribution in [3.63, 3.8) is 0 Å². The molecule has 12 heteroatoms. The monoisotopic (exact) mass is 557 g/mol. The first-order valence-electron chi connectivity index (χ1n) is 12.6. The molecule has 2 aliphatic rings. The lowest BCUT2D eigenvalue weighted by Gasteiger charge is -2.42. The lowest BCUT2D eigenvalue weighted by Crippen LogP contribution is -2.57. The van der Waals surface area contributed by atoms with Gasteiger partial charge in [0.05, 0.1) is 31.4 Å². The number of hydrogen-bond acceptors (Lipinski definition) is 8. The maximum absolute atomic E-state index is 14.6. The van der Waals surface area contributed by atoms with Gasteiger partial charge in [0.25, 0.3) is 5.91 Å². The van der Waals surface area contributed by atoms with E-state index in [-0.39, 0.29) is 30.7 Å². The van der Waals surface area contributed by atoms with Gasteiger partial charge in [-0.05, 0) is 18.2 Å². The van der Waals surface area contributed by atoms with Gasteiger partial charge in [0.2, 0.25) is 0 Å². The molecule has 1 amide bonds. The van der Waals surface area contributed by atoms with Gasteiger partial charge >= 0.3 is 0 Å². The minimum absolute atomic E-state index is 0. The van der Waals surface area contributed by atoms with E-state index in [1.165, 1.54) is 6.07 Å². The van der Waals surface area contributed by atoms with Crippen LogP contribution in [0.25, 0.3) is 33.6 Å². The van der Waals surface area contributed by atoms with Crippen molar-refractivity contribution in [3.8, 4) is 28.5 Å². The highest BCUT2D eigenvalue weighted by molar-refractivity contribution is 5.95. The highest BCUT2D eigenvalue weighted by atomic mass is 35.5. The summed E-state index contributed by atoms with van der Waals surface area (Å²) in [6.45, 7) is 5.33. The number of carbonyl (C=O) groups excluding carboxylic acids is 1. The van der Waals surface area contributed by atoms with E-state index in [1.807, 2.05) is 29.2 Å². The van der Waals surface area contributed by atoms with Crippen molar-refractivity contribution >= 4 is 29.2 Å². The van der Waals surface area contributed by atoms with Crippen molar-refractivity contribution < 1.29 is 27.9 Å². The van der Waals surface area contributed by atoms with Crippen molar-refractivity contribution in [2.45, 2.75) is 6.04 Å². The number of piperazine rings is 1. The fourth-order valence-electron chi connectivity index (χ4n) is 4.76. The Hall–Kier alpha value is -3.51. The van der Waals surface area contributed by atoms with Gasteiger partial charge in [0.1, 0.15) is 18.0 Å². The summed E-state index contributed by atoms with van der Waals surface area (Å²) in [4.78, 5) is 17.3. The van der Waals surface area contributed by atoms with Gasteiger partial charge in [-0.15, -0.1) is 12.4 Å². The number of fused-ring (bicyclic) bond motifs is 1. The summed E-state index contributed by atoms with van der Waals surface area (Å²) in [5, 5.41) is 11.9. The van der Waals surface area contributed by atoms with Crippen LogP contribution in [-0.4, -0.2) is 96.8 Å². The Kier molecular flexibility index (Phi) is 8.12. The third kappa shape index (κ3) is 5.48. The normalized spacial score (nSPS) is 16.2. The second-order valence-corrected chi connectivity index (χ2v) is 9.41. The minimum Gasteiger partial charge on any atom is -0.488 e. The number of rotatable bonds is 8. The predicted octanol–water partition coefficient (Wildman–Crippen LogP) is 3.63. The van der Waals surface area contributed by atoms with Crippen molar-refractivity contribution in [2.24, 2.45) is 0 Å². The number of methoxy groups -OCH3 is 1. The molecule has 4 heterocycles. The molecule has 0 atom stereocenters. The molecule has 0 aliphatic carbocycles. The van der Waals surface area contributed by atoms with Crippen LogP contribution in [0.1, 0.15) is 10.4 Å². The van der Waals surface area contributed by atoms with Crippen LogP contribution in [-0.2, 0) is 9.47 Å². The Morgan fingerprint density at radius 1 is 1.10 bits per heavy atom. The summed E-state index contributed by atoms with van der Waals surface area (Å²) >= 11 is 0. The zero-order chi connectivity index (χ0) is 26.1. The molecular formula is C27H29ClFN5O5. The number of halogens is 2.